The number of aryl methyl sites for hydroxylation is 1. The molecule has 19 heavy (non-hydrogen) atoms. The van der Waals surface area contributed by atoms with Gasteiger partial charge in [0.2, 0.25) is 5.91 Å². The topological polar surface area (TPSA) is 32.3 Å². The number of anilines is 1. The molecule has 0 fully saturated rings. The van der Waals surface area contributed by atoms with Gasteiger partial charge in [0, 0.05) is 24.7 Å². The third kappa shape index (κ3) is 3.57. The fraction of sp³-hybridized carbons (Fsp3) is 0.562. The molecule has 0 saturated carbocycles. The standard InChI is InChI=1S/C16H24N2O/c1-3-17-13(2)12-16(19)18-11-7-6-9-14-8-4-5-10-15(14)18/h4-5,8,10,13,17H,3,6-7,9,11-12H2,1-2H3. The van der Waals surface area contributed by atoms with Crippen LogP contribution in [0.15, 0.2) is 24.3 Å². The zero-order valence-corrected chi connectivity index (χ0v) is 12.0. The van der Waals surface area contributed by atoms with E-state index in [1.54, 1.807) is 0 Å². The SMILES string of the molecule is CCNC(C)CC(=O)N1CCCCc2ccccc21. The van der Waals surface area contributed by atoms with Gasteiger partial charge in [-0.3, -0.25) is 4.79 Å². The average molecular weight is 260 g/mol. The highest BCUT2D eigenvalue weighted by molar-refractivity contribution is 5.94. The molecule has 0 spiro atoms. The van der Waals surface area contributed by atoms with E-state index >= 15 is 0 Å². The minimum atomic E-state index is 0.239. The number of carbonyl (C=O) groups excluding carboxylic acids is 1. The first-order valence-electron chi connectivity index (χ1n) is 7.34. The molecule has 1 unspecified atom stereocenters. The van der Waals surface area contributed by atoms with Crippen molar-refractivity contribution in [2.24, 2.45) is 0 Å². The van der Waals surface area contributed by atoms with E-state index in [0.717, 1.165) is 31.6 Å². The van der Waals surface area contributed by atoms with Gasteiger partial charge in [0.25, 0.3) is 0 Å². The van der Waals surface area contributed by atoms with E-state index in [1.165, 1.54) is 12.0 Å². The molecule has 104 valence electrons. The van der Waals surface area contributed by atoms with Crippen molar-refractivity contribution in [3.8, 4) is 0 Å². The molecule has 1 aromatic rings. The van der Waals surface area contributed by atoms with Gasteiger partial charge >= 0.3 is 0 Å². The van der Waals surface area contributed by atoms with Crippen LogP contribution in [0.4, 0.5) is 5.69 Å². The zero-order valence-electron chi connectivity index (χ0n) is 12.0. The first-order valence-corrected chi connectivity index (χ1v) is 7.34. The summed E-state index contributed by atoms with van der Waals surface area (Å²) in [6, 6.07) is 8.56. The number of nitrogens with zero attached hydrogens (tertiary/aromatic N) is 1. The van der Waals surface area contributed by atoms with Gasteiger partial charge in [-0.1, -0.05) is 25.1 Å². The molecule has 1 amide bonds. The number of carbonyl (C=O) groups is 1. The van der Waals surface area contributed by atoms with E-state index in [0.29, 0.717) is 6.42 Å². The molecular formula is C16H24N2O. The van der Waals surface area contributed by atoms with Gasteiger partial charge < -0.3 is 10.2 Å². The average Bonchev–Trinajstić information content (AvgIpc) is 2.61. The number of rotatable bonds is 4. The molecule has 0 radical (unpaired) electrons. The van der Waals surface area contributed by atoms with Crippen LogP contribution in [-0.4, -0.2) is 25.0 Å². The largest absolute Gasteiger partial charge is 0.314 e. The Morgan fingerprint density at radius 2 is 2.16 bits per heavy atom. The molecule has 3 nitrogen and oxygen atoms in total. The molecule has 0 aliphatic carbocycles. The van der Waals surface area contributed by atoms with Gasteiger partial charge in [-0.2, -0.15) is 0 Å². The van der Waals surface area contributed by atoms with Crippen molar-refractivity contribution in [2.45, 2.75) is 45.6 Å². The number of amides is 1. The minimum Gasteiger partial charge on any atom is -0.314 e. The Kier molecular flexibility index (Phi) is 4.97. The van der Waals surface area contributed by atoms with Crippen molar-refractivity contribution in [1.82, 2.24) is 5.32 Å². The summed E-state index contributed by atoms with van der Waals surface area (Å²) in [5.74, 6) is 0.239. The molecule has 3 heteroatoms. The number of nitrogens with one attached hydrogen (secondary N) is 1. The van der Waals surface area contributed by atoms with Crippen LogP contribution in [0.25, 0.3) is 0 Å². The highest BCUT2D eigenvalue weighted by Crippen LogP contribution is 2.26. The van der Waals surface area contributed by atoms with E-state index in [-0.39, 0.29) is 11.9 Å². The number of fused-ring (bicyclic) bond motifs is 1. The van der Waals surface area contributed by atoms with Crippen molar-refractivity contribution >= 4 is 11.6 Å². The molecule has 1 aliphatic rings. The number of para-hydroxylation sites is 1. The van der Waals surface area contributed by atoms with Gasteiger partial charge in [0.05, 0.1) is 0 Å². The van der Waals surface area contributed by atoms with Gasteiger partial charge in [-0.15, -0.1) is 0 Å². The second-order valence-electron chi connectivity index (χ2n) is 5.29. The van der Waals surface area contributed by atoms with Crippen LogP contribution in [-0.2, 0) is 11.2 Å². The lowest BCUT2D eigenvalue weighted by Crippen LogP contribution is -2.37. The lowest BCUT2D eigenvalue weighted by Gasteiger charge is -2.24. The summed E-state index contributed by atoms with van der Waals surface area (Å²) >= 11 is 0. The van der Waals surface area contributed by atoms with Crippen molar-refractivity contribution in [1.29, 1.82) is 0 Å². The minimum absolute atomic E-state index is 0.239. The predicted octanol–water partition coefficient (Wildman–Crippen LogP) is 2.74. The van der Waals surface area contributed by atoms with E-state index in [1.807, 2.05) is 11.0 Å². The fourth-order valence-electron chi connectivity index (χ4n) is 2.74. The van der Waals surface area contributed by atoms with Crippen molar-refractivity contribution < 1.29 is 4.79 Å². The Labute approximate surface area is 116 Å². The summed E-state index contributed by atoms with van der Waals surface area (Å²) < 4.78 is 0. The van der Waals surface area contributed by atoms with Crippen molar-refractivity contribution in [3.05, 3.63) is 29.8 Å². The maximum absolute atomic E-state index is 12.5. The second kappa shape index (κ2) is 6.71. The molecule has 1 atom stereocenters. The van der Waals surface area contributed by atoms with Gasteiger partial charge in [0.1, 0.15) is 0 Å². The monoisotopic (exact) mass is 260 g/mol. The quantitative estimate of drug-likeness (QED) is 0.903. The summed E-state index contributed by atoms with van der Waals surface area (Å²) in [5, 5.41) is 3.31. The van der Waals surface area contributed by atoms with Crippen molar-refractivity contribution in [2.75, 3.05) is 18.0 Å². The summed E-state index contributed by atoms with van der Waals surface area (Å²) in [6.45, 7) is 5.91. The van der Waals surface area contributed by atoms with E-state index in [2.05, 4.69) is 37.4 Å². The van der Waals surface area contributed by atoms with Crippen molar-refractivity contribution in [3.63, 3.8) is 0 Å². The highest BCUT2D eigenvalue weighted by Gasteiger charge is 2.21. The molecule has 1 heterocycles. The Bertz CT molecular complexity index is 431. The van der Waals surface area contributed by atoms with Crippen LogP contribution in [0, 0.1) is 0 Å². The van der Waals surface area contributed by atoms with E-state index in [9.17, 15) is 4.79 Å². The lowest BCUT2D eigenvalue weighted by atomic mass is 10.1. The zero-order chi connectivity index (χ0) is 13.7. The smallest absolute Gasteiger partial charge is 0.228 e. The Hall–Kier alpha value is -1.35. The first kappa shape index (κ1) is 14.1. The molecule has 0 aromatic heterocycles. The third-order valence-electron chi connectivity index (χ3n) is 3.69. The Balaban J connectivity index is 2.13. The normalized spacial score (nSPS) is 16.6. The highest BCUT2D eigenvalue weighted by atomic mass is 16.2. The first-order chi connectivity index (χ1) is 9.22. The molecule has 1 N–H and O–H groups in total. The van der Waals surface area contributed by atoms with Crippen LogP contribution in [0.1, 0.15) is 38.7 Å². The third-order valence-corrected chi connectivity index (χ3v) is 3.69. The van der Waals surface area contributed by atoms with Gasteiger partial charge in [0.15, 0.2) is 0 Å². The lowest BCUT2D eigenvalue weighted by molar-refractivity contribution is -0.119. The summed E-state index contributed by atoms with van der Waals surface area (Å²) in [6.07, 6.45) is 3.92. The maximum atomic E-state index is 12.5. The van der Waals surface area contributed by atoms with Crippen LogP contribution in [0.5, 0.6) is 0 Å². The Morgan fingerprint density at radius 3 is 2.95 bits per heavy atom. The number of hydrogen-bond donors (Lipinski definition) is 1. The molecule has 0 saturated heterocycles. The molecular weight excluding hydrogens is 236 g/mol. The van der Waals surface area contributed by atoms with E-state index in [4.69, 9.17) is 0 Å². The van der Waals surface area contributed by atoms with Gasteiger partial charge in [-0.05, 0) is 44.4 Å². The summed E-state index contributed by atoms with van der Waals surface area (Å²) in [7, 11) is 0. The van der Waals surface area contributed by atoms with E-state index < -0.39 is 0 Å². The number of hydrogen-bond acceptors (Lipinski definition) is 2. The maximum Gasteiger partial charge on any atom is 0.228 e. The number of benzene rings is 1. The predicted molar refractivity (Wildman–Crippen MR) is 79.5 cm³/mol. The van der Waals surface area contributed by atoms with Crippen LogP contribution in [0.3, 0.4) is 0 Å². The molecule has 1 aromatic carbocycles. The van der Waals surface area contributed by atoms with Gasteiger partial charge in [-0.25, -0.2) is 0 Å². The van der Waals surface area contributed by atoms with Crippen LogP contribution in [0.2, 0.25) is 0 Å². The fourth-order valence-corrected chi connectivity index (χ4v) is 2.74. The molecule has 1 aliphatic heterocycles. The molecule has 0 bridgehead atoms. The molecule has 2 rings (SSSR count). The summed E-state index contributed by atoms with van der Waals surface area (Å²) in [5.41, 5.74) is 2.43. The van der Waals surface area contributed by atoms with Crippen LogP contribution >= 0.6 is 0 Å². The van der Waals surface area contributed by atoms with Crippen LogP contribution < -0.4 is 10.2 Å². The summed E-state index contributed by atoms with van der Waals surface area (Å²) in [4.78, 5) is 14.5. The Morgan fingerprint density at radius 1 is 1.37 bits per heavy atom. The second-order valence-corrected chi connectivity index (χ2v) is 5.29.